The van der Waals surface area contributed by atoms with Crippen molar-refractivity contribution < 1.29 is 0 Å². The van der Waals surface area contributed by atoms with E-state index in [-0.39, 0.29) is 0 Å². The molecule has 1 aromatic rings. The number of nitriles is 1. The van der Waals surface area contributed by atoms with Gasteiger partial charge in [-0.3, -0.25) is 0 Å². The summed E-state index contributed by atoms with van der Waals surface area (Å²) in [6.45, 7) is 0.925. The molecule has 1 rings (SSSR count). The molecule has 0 fully saturated rings. The molecule has 0 saturated carbocycles. The van der Waals surface area contributed by atoms with Crippen molar-refractivity contribution >= 4 is 17.4 Å². The molecule has 3 nitrogen and oxygen atoms in total. The van der Waals surface area contributed by atoms with Crippen LogP contribution in [0.25, 0.3) is 0 Å². The fraction of sp³-hybridized carbons (Fsp3) is 0.333. The lowest BCUT2D eigenvalue weighted by atomic mass is 10.3. The van der Waals surface area contributed by atoms with Gasteiger partial charge in [-0.1, -0.05) is 0 Å². The van der Waals surface area contributed by atoms with E-state index in [1.54, 1.807) is 24.0 Å². The van der Waals surface area contributed by atoms with E-state index >= 15 is 0 Å². The molecule has 4 heteroatoms. The Hall–Kier alpha value is -1.21. The fourth-order valence-corrected chi connectivity index (χ4v) is 1.17. The Morgan fingerprint density at radius 3 is 3.00 bits per heavy atom. The molecule has 0 unspecified atom stereocenters. The first-order valence-corrected chi connectivity index (χ1v) is 5.35. The van der Waals surface area contributed by atoms with Gasteiger partial charge >= 0.3 is 0 Å². The van der Waals surface area contributed by atoms with Crippen molar-refractivity contribution in [3.63, 3.8) is 0 Å². The van der Waals surface area contributed by atoms with Crippen LogP contribution in [0.15, 0.2) is 18.3 Å². The maximum atomic E-state index is 8.51. The summed E-state index contributed by atoms with van der Waals surface area (Å²) in [5.74, 6) is 1.07. The predicted octanol–water partition coefficient (Wildman–Crippen LogP) is 1.73. The molecule has 0 aliphatic heterocycles. The molecule has 13 heavy (non-hydrogen) atoms. The van der Waals surface area contributed by atoms with Crippen molar-refractivity contribution in [2.24, 2.45) is 0 Å². The van der Waals surface area contributed by atoms with Crippen LogP contribution in [0.1, 0.15) is 5.69 Å². The van der Waals surface area contributed by atoms with Gasteiger partial charge < -0.3 is 5.32 Å². The summed E-state index contributed by atoms with van der Waals surface area (Å²) in [6.07, 6.45) is 3.75. The lowest BCUT2D eigenvalue weighted by molar-refractivity contribution is 1.19. The Balaban J connectivity index is 2.46. The third-order valence-corrected chi connectivity index (χ3v) is 2.13. The van der Waals surface area contributed by atoms with E-state index in [0.717, 1.165) is 18.0 Å². The second-order valence-electron chi connectivity index (χ2n) is 2.46. The average Bonchev–Trinajstić information content (AvgIpc) is 2.19. The first-order chi connectivity index (χ1) is 6.36. The van der Waals surface area contributed by atoms with Crippen molar-refractivity contribution in [3.8, 4) is 6.07 Å². The zero-order valence-electron chi connectivity index (χ0n) is 7.45. The first kappa shape index (κ1) is 9.87. The number of pyridine rings is 1. The highest BCUT2D eigenvalue weighted by Gasteiger charge is 1.92. The van der Waals surface area contributed by atoms with E-state index in [1.165, 1.54) is 0 Å². The minimum absolute atomic E-state index is 0.454. The molecule has 0 spiro atoms. The molecule has 0 aliphatic carbocycles. The second-order valence-corrected chi connectivity index (χ2v) is 3.45. The van der Waals surface area contributed by atoms with Crippen molar-refractivity contribution in [1.82, 2.24) is 4.98 Å². The zero-order valence-corrected chi connectivity index (χ0v) is 8.27. The number of hydrogen-bond donors (Lipinski definition) is 1. The van der Waals surface area contributed by atoms with Crippen LogP contribution in [0, 0.1) is 11.3 Å². The fourth-order valence-electron chi connectivity index (χ4n) is 0.862. The smallest absolute Gasteiger partial charge is 0.140 e. The molecule has 0 radical (unpaired) electrons. The van der Waals surface area contributed by atoms with E-state index in [4.69, 9.17) is 5.26 Å². The van der Waals surface area contributed by atoms with Crippen LogP contribution in [-0.4, -0.2) is 23.5 Å². The first-order valence-electron chi connectivity index (χ1n) is 3.96. The van der Waals surface area contributed by atoms with Crippen LogP contribution in [0.2, 0.25) is 0 Å². The number of nitrogens with zero attached hydrogens (tertiary/aromatic N) is 2. The van der Waals surface area contributed by atoms with Gasteiger partial charge in [0, 0.05) is 12.3 Å². The molecule has 68 valence electrons. The molecule has 1 aromatic heterocycles. The van der Waals surface area contributed by atoms with Crippen LogP contribution in [0.3, 0.4) is 0 Å². The molecule has 1 heterocycles. The monoisotopic (exact) mass is 193 g/mol. The maximum Gasteiger partial charge on any atom is 0.140 e. The summed E-state index contributed by atoms with van der Waals surface area (Å²) in [6, 6.07) is 5.56. The summed E-state index contributed by atoms with van der Waals surface area (Å²) in [7, 11) is 0. The minimum Gasteiger partial charge on any atom is -0.383 e. The largest absolute Gasteiger partial charge is 0.383 e. The standard InChI is InChI=1S/C9H11N3S/c1-13-5-4-11-9-3-2-8(6-10)12-7-9/h2-3,7,11H,4-5H2,1H3. The number of thioether (sulfide) groups is 1. The highest BCUT2D eigenvalue weighted by Crippen LogP contribution is 2.05. The highest BCUT2D eigenvalue weighted by molar-refractivity contribution is 7.98. The molecule has 0 aliphatic rings. The maximum absolute atomic E-state index is 8.51. The number of aromatic nitrogens is 1. The van der Waals surface area contributed by atoms with Crippen molar-refractivity contribution in [2.75, 3.05) is 23.9 Å². The quantitative estimate of drug-likeness (QED) is 0.740. The third kappa shape index (κ3) is 3.34. The Kier molecular flexibility index (Phi) is 4.13. The average molecular weight is 193 g/mol. The van der Waals surface area contributed by atoms with Gasteiger partial charge in [0.05, 0.1) is 11.9 Å². The minimum atomic E-state index is 0.454. The Bertz CT molecular complexity index is 289. The predicted molar refractivity (Wildman–Crippen MR) is 55.8 cm³/mol. The summed E-state index contributed by atoms with van der Waals surface area (Å²) >= 11 is 1.79. The van der Waals surface area contributed by atoms with Gasteiger partial charge in [-0.25, -0.2) is 4.98 Å². The van der Waals surface area contributed by atoms with Crippen LogP contribution in [0.4, 0.5) is 5.69 Å². The number of rotatable bonds is 4. The topological polar surface area (TPSA) is 48.7 Å². The van der Waals surface area contributed by atoms with E-state index in [1.807, 2.05) is 12.1 Å². The zero-order chi connectivity index (χ0) is 9.52. The number of hydrogen-bond acceptors (Lipinski definition) is 4. The van der Waals surface area contributed by atoms with Gasteiger partial charge in [0.1, 0.15) is 11.8 Å². The molecule has 0 bridgehead atoms. The summed E-state index contributed by atoms with van der Waals surface area (Å²) in [5.41, 5.74) is 1.42. The van der Waals surface area contributed by atoms with Crippen LogP contribution < -0.4 is 5.32 Å². The lowest BCUT2D eigenvalue weighted by Gasteiger charge is -2.03. The van der Waals surface area contributed by atoms with Gasteiger partial charge in [0.2, 0.25) is 0 Å². The van der Waals surface area contributed by atoms with Crippen LogP contribution in [-0.2, 0) is 0 Å². The second kappa shape index (κ2) is 5.44. The molecule has 0 aromatic carbocycles. The van der Waals surface area contributed by atoms with Gasteiger partial charge in [0.15, 0.2) is 0 Å². The third-order valence-electron chi connectivity index (χ3n) is 1.51. The van der Waals surface area contributed by atoms with Crippen LogP contribution >= 0.6 is 11.8 Å². The Labute approximate surface area is 82.2 Å². The van der Waals surface area contributed by atoms with Gasteiger partial charge in [-0.15, -0.1) is 0 Å². The summed E-state index contributed by atoms with van der Waals surface area (Å²) in [5, 5.41) is 11.7. The van der Waals surface area contributed by atoms with Crippen LogP contribution in [0.5, 0.6) is 0 Å². The number of nitrogens with one attached hydrogen (secondary N) is 1. The molecule has 0 amide bonds. The molecular weight excluding hydrogens is 182 g/mol. The van der Waals surface area contributed by atoms with Gasteiger partial charge in [0.25, 0.3) is 0 Å². The van der Waals surface area contributed by atoms with Crippen molar-refractivity contribution in [3.05, 3.63) is 24.0 Å². The van der Waals surface area contributed by atoms with Crippen molar-refractivity contribution in [2.45, 2.75) is 0 Å². The molecule has 0 saturated heterocycles. The number of anilines is 1. The lowest BCUT2D eigenvalue weighted by Crippen LogP contribution is -2.03. The van der Waals surface area contributed by atoms with Crippen molar-refractivity contribution in [1.29, 1.82) is 5.26 Å². The molecule has 1 N–H and O–H groups in total. The summed E-state index contributed by atoms with van der Waals surface area (Å²) < 4.78 is 0. The van der Waals surface area contributed by atoms with E-state index in [0.29, 0.717) is 5.69 Å². The molecular formula is C9H11N3S. The summed E-state index contributed by atoms with van der Waals surface area (Å²) in [4.78, 5) is 3.95. The Morgan fingerprint density at radius 1 is 1.62 bits per heavy atom. The Morgan fingerprint density at radius 2 is 2.46 bits per heavy atom. The van der Waals surface area contributed by atoms with Gasteiger partial charge in [-0.05, 0) is 18.4 Å². The highest BCUT2D eigenvalue weighted by atomic mass is 32.2. The van der Waals surface area contributed by atoms with E-state index < -0.39 is 0 Å². The van der Waals surface area contributed by atoms with E-state index in [2.05, 4.69) is 16.6 Å². The van der Waals surface area contributed by atoms with E-state index in [9.17, 15) is 0 Å². The normalized spacial score (nSPS) is 9.23. The van der Waals surface area contributed by atoms with Gasteiger partial charge in [-0.2, -0.15) is 17.0 Å². The molecule has 0 atom stereocenters. The SMILES string of the molecule is CSCCNc1ccc(C#N)nc1.